The van der Waals surface area contributed by atoms with Crippen molar-refractivity contribution in [3.8, 4) is 5.75 Å². The quantitative estimate of drug-likeness (QED) is 0.242. The maximum atomic E-state index is 12.1. The minimum Gasteiger partial charge on any atom is -0.497 e. The van der Waals surface area contributed by atoms with Gasteiger partial charge in [-0.25, -0.2) is 0 Å². The van der Waals surface area contributed by atoms with Crippen molar-refractivity contribution >= 4 is 47.6 Å². The Morgan fingerprint density at radius 3 is 2.80 bits per heavy atom. The number of aliphatic imine (C=N–C) groups is 1. The average molecular weight is 478 g/mol. The van der Waals surface area contributed by atoms with E-state index in [1.54, 1.807) is 32.4 Å². The second-order valence-corrected chi connectivity index (χ2v) is 6.91. The lowest BCUT2D eigenvalue weighted by Crippen LogP contribution is -2.43. The molecule has 1 aliphatic heterocycles. The van der Waals surface area contributed by atoms with Gasteiger partial charge in [-0.1, -0.05) is 6.07 Å². The standard InChI is InChI=1S/C17H26N4O2S.HI/c1-18-17(21-12-15-7-4-10-24-15)20-9-8-19-16(22)13-5-3-6-14(11-13)23-2;/h3,5-6,11,15H,4,7-10,12H2,1-2H3,(H,19,22)(H2,18,20,21);1H. The number of ether oxygens (including phenoxy) is 1. The maximum Gasteiger partial charge on any atom is 0.251 e. The number of thioether (sulfide) groups is 1. The Balaban J connectivity index is 0.00000312. The van der Waals surface area contributed by atoms with Crippen LogP contribution in [-0.2, 0) is 0 Å². The summed E-state index contributed by atoms with van der Waals surface area (Å²) in [7, 11) is 3.34. The van der Waals surface area contributed by atoms with Crippen molar-refractivity contribution in [3.63, 3.8) is 0 Å². The lowest BCUT2D eigenvalue weighted by molar-refractivity contribution is 0.0954. The molecule has 1 amide bonds. The van der Waals surface area contributed by atoms with E-state index in [0.29, 0.717) is 29.7 Å². The highest BCUT2D eigenvalue weighted by molar-refractivity contribution is 14.0. The van der Waals surface area contributed by atoms with Crippen molar-refractivity contribution in [1.82, 2.24) is 16.0 Å². The molecule has 6 nitrogen and oxygen atoms in total. The number of methoxy groups -OCH3 is 1. The summed E-state index contributed by atoms with van der Waals surface area (Å²) in [5, 5.41) is 10.1. The van der Waals surface area contributed by atoms with Crippen LogP contribution in [0.1, 0.15) is 23.2 Å². The van der Waals surface area contributed by atoms with Crippen LogP contribution in [0.5, 0.6) is 5.75 Å². The molecule has 0 aliphatic carbocycles. The molecule has 25 heavy (non-hydrogen) atoms. The van der Waals surface area contributed by atoms with Gasteiger partial charge in [0.15, 0.2) is 5.96 Å². The van der Waals surface area contributed by atoms with Crippen LogP contribution in [0.2, 0.25) is 0 Å². The van der Waals surface area contributed by atoms with Crippen LogP contribution >= 0.6 is 35.7 Å². The minimum absolute atomic E-state index is 0. The fourth-order valence-electron chi connectivity index (χ4n) is 2.46. The van der Waals surface area contributed by atoms with Gasteiger partial charge in [0.1, 0.15) is 5.75 Å². The summed E-state index contributed by atoms with van der Waals surface area (Å²) in [4.78, 5) is 16.3. The van der Waals surface area contributed by atoms with Gasteiger partial charge in [-0.3, -0.25) is 9.79 Å². The van der Waals surface area contributed by atoms with E-state index in [-0.39, 0.29) is 29.9 Å². The summed E-state index contributed by atoms with van der Waals surface area (Å²) >= 11 is 2.02. The van der Waals surface area contributed by atoms with Crippen molar-refractivity contribution in [1.29, 1.82) is 0 Å². The lowest BCUT2D eigenvalue weighted by atomic mass is 10.2. The lowest BCUT2D eigenvalue weighted by Gasteiger charge is -2.15. The zero-order valence-electron chi connectivity index (χ0n) is 14.7. The van der Waals surface area contributed by atoms with Gasteiger partial charge in [0.05, 0.1) is 7.11 Å². The number of carbonyl (C=O) groups excluding carboxylic acids is 1. The van der Waals surface area contributed by atoms with Gasteiger partial charge >= 0.3 is 0 Å². The van der Waals surface area contributed by atoms with E-state index < -0.39 is 0 Å². The number of halogens is 1. The van der Waals surface area contributed by atoms with E-state index in [0.717, 1.165) is 12.5 Å². The molecule has 0 bridgehead atoms. The van der Waals surface area contributed by atoms with Gasteiger partial charge in [0.25, 0.3) is 5.91 Å². The molecule has 0 radical (unpaired) electrons. The fourth-order valence-corrected chi connectivity index (χ4v) is 3.66. The monoisotopic (exact) mass is 478 g/mol. The molecule has 0 aromatic heterocycles. The van der Waals surface area contributed by atoms with E-state index in [4.69, 9.17) is 4.74 Å². The Labute approximate surface area is 171 Å². The molecular formula is C17H27IN4O2S. The number of rotatable bonds is 7. The molecule has 3 N–H and O–H groups in total. The van der Waals surface area contributed by atoms with Crippen LogP contribution in [0.15, 0.2) is 29.3 Å². The maximum absolute atomic E-state index is 12.1. The number of amides is 1. The molecule has 1 fully saturated rings. The summed E-state index contributed by atoms with van der Waals surface area (Å²) < 4.78 is 5.13. The normalized spacial score (nSPS) is 16.7. The first-order valence-corrected chi connectivity index (χ1v) is 9.26. The number of benzene rings is 1. The van der Waals surface area contributed by atoms with E-state index in [2.05, 4.69) is 20.9 Å². The third kappa shape index (κ3) is 7.72. The number of nitrogens with one attached hydrogen (secondary N) is 3. The predicted molar refractivity (Wildman–Crippen MR) is 116 cm³/mol. The fraction of sp³-hybridized carbons (Fsp3) is 0.529. The molecule has 0 saturated carbocycles. The summed E-state index contributed by atoms with van der Waals surface area (Å²) in [6.07, 6.45) is 2.57. The zero-order valence-corrected chi connectivity index (χ0v) is 17.9. The minimum atomic E-state index is -0.110. The van der Waals surface area contributed by atoms with Crippen molar-refractivity contribution in [3.05, 3.63) is 29.8 Å². The molecule has 0 spiro atoms. The first-order chi connectivity index (χ1) is 11.7. The van der Waals surface area contributed by atoms with Gasteiger partial charge in [0.2, 0.25) is 0 Å². The van der Waals surface area contributed by atoms with Gasteiger partial charge in [-0.05, 0) is 36.8 Å². The van der Waals surface area contributed by atoms with E-state index >= 15 is 0 Å². The molecule has 1 aliphatic rings. The molecule has 1 atom stereocenters. The second-order valence-electron chi connectivity index (χ2n) is 5.50. The highest BCUT2D eigenvalue weighted by atomic mass is 127. The topological polar surface area (TPSA) is 74.8 Å². The Hall–Kier alpha value is -1.16. The van der Waals surface area contributed by atoms with Gasteiger partial charge < -0.3 is 20.7 Å². The van der Waals surface area contributed by atoms with Gasteiger partial charge in [-0.2, -0.15) is 11.8 Å². The van der Waals surface area contributed by atoms with Gasteiger partial charge in [0, 0.05) is 37.5 Å². The largest absolute Gasteiger partial charge is 0.497 e. The Kier molecular flexibility index (Phi) is 10.7. The van der Waals surface area contributed by atoms with Crippen molar-refractivity contribution < 1.29 is 9.53 Å². The molecule has 8 heteroatoms. The Morgan fingerprint density at radius 2 is 2.12 bits per heavy atom. The predicted octanol–water partition coefficient (Wildman–Crippen LogP) is 2.10. The van der Waals surface area contributed by atoms with E-state index in [9.17, 15) is 4.79 Å². The van der Waals surface area contributed by atoms with Crippen LogP contribution in [0.3, 0.4) is 0 Å². The average Bonchev–Trinajstić information content (AvgIpc) is 3.14. The number of carbonyl (C=O) groups is 1. The number of hydrogen-bond acceptors (Lipinski definition) is 4. The first kappa shape index (κ1) is 21.9. The number of nitrogens with zero attached hydrogens (tertiary/aromatic N) is 1. The summed E-state index contributed by atoms with van der Waals surface area (Å²) in [6.45, 7) is 2.07. The molecule has 1 saturated heterocycles. The Bertz CT molecular complexity index is 565. The van der Waals surface area contributed by atoms with Crippen LogP contribution < -0.4 is 20.7 Å². The number of guanidine groups is 1. The van der Waals surface area contributed by atoms with Crippen molar-refractivity contribution in [2.45, 2.75) is 18.1 Å². The van der Waals surface area contributed by atoms with Crippen molar-refractivity contribution in [2.75, 3.05) is 39.5 Å². The molecule has 1 heterocycles. The van der Waals surface area contributed by atoms with Gasteiger partial charge in [-0.15, -0.1) is 24.0 Å². The molecule has 1 unspecified atom stereocenters. The zero-order chi connectivity index (χ0) is 17.2. The van der Waals surface area contributed by atoms with E-state index in [1.807, 2.05) is 17.8 Å². The van der Waals surface area contributed by atoms with Crippen LogP contribution in [-0.4, -0.2) is 56.7 Å². The molecule has 140 valence electrons. The molecule has 1 aromatic carbocycles. The molecule has 1 aromatic rings. The number of hydrogen-bond donors (Lipinski definition) is 3. The Morgan fingerprint density at radius 1 is 1.32 bits per heavy atom. The molecule has 2 rings (SSSR count). The highest BCUT2D eigenvalue weighted by Crippen LogP contribution is 2.25. The van der Waals surface area contributed by atoms with Crippen LogP contribution in [0.4, 0.5) is 0 Å². The summed E-state index contributed by atoms with van der Waals surface area (Å²) in [5.41, 5.74) is 0.593. The summed E-state index contributed by atoms with van der Waals surface area (Å²) in [5.74, 6) is 2.60. The molecular weight excluding hydrogens is 451 g/mol. The third-order valence-corrected chi connectivity index (χ3v) is 5.18. The smallest absolute Gasteiger partial charge is 0.251 e. The van der Waals surface area contributed by atoms with E-state index in [1.165, 1.54) is 18.6 Å². The summed E-state index contributed by atoms with van der Waals surface area (Å²) in [6, 6.07) is 7.11. The second kappa shape index (κ2) is 12.2. The van der Waals surface area contributed by atoms with Crippen molar-refractivity contribution in [2.24, 2.45) is 4.99 Å². The SMILES string of the molecule is CN=C(NCCNC(=O)c1cccc(OC)c1)NCC1CCCS1.I. The third-order valence-electron chi connectivity index (χ3n) is 3.78. The van der Waals surface area contributed by atoms with Crippen LogP contribution in [0, 0.1) is 0 Å². The highest BCUT2D eigenvalue weighted by Gasteiger charge is 2.15. The van der Waals surface area contributed by atoms with Crippen LogP contribution in [0.25, 0.3) is 0 Å². The first-order valence-electron chi connectivity index (χ1n) is 8.21.